The molecule has 0 aliphatic heterocycles. The molecule has 0 spiro atoms. The van der Waals surface area contributed by atoms with Crippen LogP contribution in [0.1, 0.15) is 24.8 Å². The molecule has 3 atom stereocenters. The number of aliphatic hydroxyl groups is 2. The molecule has 0 radical (unpaired) electrons. The van der Waals surface area contributed by atoms with Crippen molar-refractivity contribution in [2.24, 2.45) is 5.92 Å². The number of pyridine rings is 1. The molecule has 3 N–H and O–H groups in total. The molecule has 0 bridgehead atoms. The monoisotopic (exact) mass is 557 g/mol. The summed E-state index contributed by atoms with van der Waals surface area (Å²) in [6.45, 7) is 5.38. The fraction of sp³-hybridized carbons (Fsp3) is 0.269. The summed E-state index contributed by atoms with van der Waals surface area (Å²) in [5.74, 6) is -1.54. The van der Waals surface area contributed by atoms with E-state index in [0.29, 0.717) is 24.6 Å². The van der Waals surface area contributed by atoms with Crippen molar-refractivity contribution >= 4 is 38.5 Å². The first kappa shape index (κ1) is 26.1. The lowest BCUT2D eigenvalue weighted by molar-refractivity contribution is 0.0554. The summed E-state index contributed by atoms with van der Waals surface area (Å²) < 4.78 is 42.8. The molecule has 1 saturated carbocycles. The van der Waals surface area contributed by atoms with Crippen LogP contribution in [0.5, 0.6) is 0 Å². The van der Waals surface area contributed by atoms with Gasteiger partial charge >= 0.3 is 0 Å². The Morgan fingerprint density at radius 2 is 1.95 bits per heavy atom. The average Bonchev–Trinajstić information content (AvgIpc) is 3.26. The topological polar surface area (TPSA) is 130 Å². The Morgan fingerprint density at radius 3 is 2.66 bits per heavy atom. The van der Waals surface area contributed by atoms with Crippen molar-refractivity contribution < 1.29 is 23.0 Å². The zero-order valence-electron chi connectivity index (χ0n) is 20.3. The van der Waals surface area contributed by atoms with Crippen LogP contribution in [-0.4, -0.2) is 49.7 Å². The van der Waals surface area contributed by atoms with Gasteiger partial charge in [-0.1, -0.05) is 42.3 Å². The quantitative estimate of drug-likeness (QED) is 0.287. The van der Waals surface area contributed by atoms with E-state index in [1.807, 2.05) is 6.92 Å². The smallest absolute Gasteiger partial charge is 0.269 e. The van der Waals surface area contributed by atoms with Crippen molar-refractivity contribution in [3.05, 3.63) is 77.7 Å². The predicted octanol–water partition coefficient (Wildman–Crippen LogP) is 4.84. The van der Waals surface area contributed by atoms with E-state index in [-0.39, 0.29) is 38.5 Å². The number of aromatic nitrogens is 4. The zero-order chi connectivity index (χ0) is 27.2. The molecular formula is C26H25ClFN5O4S. The number of anilines is 1. The van der Waals surface area contributed by atoms with Gasteiger partial charge in [-0.3, -0.25) is 0 Å². The second kappa shape index (κ2) is 9.97. The van der Waals surface area contributed by atoms with Gasteiger partial charge in [-0.15, -0.1) is 0 Å². The van der Waals surface area contributed by atoms with Gasteiger partial charge in [0.05, 0.1) is 34.0 Å². The summed E-state index contributed by atoms with van der Waals surface area (Å²) >= 11 is 6.19. The third-order valence-electron chi connectivity index (χ3n) is 6.75. The van der Waals surface area contributed by atoms with Crippen molar-refractivity contribution in [2.45, 2.75) is 43.2 Å². The highest BCUT2D eigenvalue weighted by Crippen LogP contribution is 2.34. The first-order chi connectivity index (χ1) is 18.1. The van der Waals surface area contributed by atoms with E-state index in [4.69, 9.17) is 11.6 Å². The van der Waals surface area contributed by atoms with Gasteiger partial charge in [0, 0.05) is 29.3 Å². The fourth-order valence-corrected chi connectivity index (χ4v) is 6.20. The van der Waals surface area contributed by atoms with Crippen molar-refractivity contribution in [1.29, 1.82) is 0 Å². The van der Waals surface area contributed by atoms with Crippen LogP contribution in [0.15, 0.2) is 66.2 Å². The Kier molecular flexibility index (Phi) is 6.84. The fourth-order valence-electron chi connectivity index (χ4n) is 4.71. The molecule has 1 fully saturated rings. The standard InChI is InChI=1S/C26H25ClFN5O4S/c1-14-6-8-17(9-7-14)38(36,37)33-13-20(19-10-16(27)11-30-26(19)33)24-29-12-21(28)25(32-24)31-22-5-3-4-18(15(2)34)23(22)35/h6-13,18,22-23,34-35H,2-5H2,1H3,(H,29,31,32). The van der Waals surface area contributed by atoms with E-state index in [0.717, 1.165) is 15.7 Å². The molecule has 38 heavy (non-hydrogen) atoms. The molecule has 3 heterocycles. The van der Waals surface area contributed by atoms with Crippen LogP contribution >= 0.6 is 11.6 Å². The molecular weight excluding hydrogens is 533 g/mol. The highest BCUT2D eigenvalue weighted by molar-refractivity contribution is 7.90. The predicted molar refractivity (Wildman–Crippen MR) is 142 cm³/mol. The van der Waals surface area contributed by atoms with Crippen molar-refractivity contribution in [3.63, 3.8) is 0 Å². The van der Waals surface area contributed by atoms with Crippen molar-refractivity contribution in [3.8, 4) is 11.4 Å². The zero-order valence-corrected chi connectivity index (χ0v) is 21.9. The maximum absolute atomic E-state index is 14.8. The Labute approximate surface area is 223 Å². The van der Waals surface area contributed by atoms with Crippen LogP contribution in [0.25, 0.3) is 22.4 Å². The summed E-state index contributed by atoms with van der Waals surface area (Å²) in [5.41, 5.74) is 1.29. The van der Waals surface area contributed by atoms with Gasteiger partial charge in [0.2, 0.25) is 0 Å². The average molecular weight is 558 g/mol. The van der Waals surface area contributed by atoms with Crippen LogP contribution in [-0.2, 0) is 10.0 Å². The van der Waals surface area contributed by atoms with Crippen LogP contribution in [0.4, 0.5) is 10.2 Å². The lowest BCUT2D eigenvalue weighted by atomic mass is 9.82. The number of fused-ring (bicyclic) bond motifs is 1. The molecule has 5 rings (SSSR count). The van der Waals surface area contributed by atoms with Crippen molar-refractivity contribution in [2.75, 3.05) is 5.32 Å². The SMILES string of the molecule is C=C(O)C1CCCC(Nc2nc(-c3cn(S(=O)(=O)c4ccc(C)cc4)c4ncc(Cl)cc34)ncc2F)C1O. The minimum Gasteiger partial charge on any atom is -0.513 e. The summed E-state index contributed by atoms with van der Waals surface area (Å²) in [5, 5.41) is 24.1. The highest BCUT2D eigenvalue weighted by Gasteiger charge is 2.34. The number of hydrogen-bond donors (Lipinski definition) is 3. The molecule has 1 aliphatic carbocycles. The van der Waals surface area contributed by atoms with E-state index in [2.05, 4.69) is 26.8 Å². The molecule has 1 aliphatic rings. The largest absolute Gasteiger partial charge is 0.513 e. The summed E-state index contributed by atoms with van der Waals surface area (Å²) in [6.07, 6.45) is 4.42. The van der Waals surface area contributed by atoms with Crippen molar-refractivity contribution in [1.82, 2.24) is 18.9 Å². The van der Waals surface area contributed by atoms with Crippen LogP contribution in [0.2, 0.25) is 5.02 Å². The molecule has 198 valence electrons. The molecule has 3 aromatic heterocycles. The van der Waals surface area contributed by atoms with Gasteiger partial charge in [0.15, 0.2) is 23.1 Å². The van der Waals surface area contributed by atoms with Gasteiger partial charge in [0.1, 0.15) is 0 Å². The van der Waals surface area contributed by atoms with E-state index >= 15 is 0 Å². The summed E-state index contributed by atoms with van der Waals surface area (Å²) in [7, 11) is -4.04. The number of aryl methyl sites for hydroxylation is 1. The maximum atomic E-state index is 14.8. The molecule has 12 heteroatoms. The maximum Gasteiger partial charge on any atom is 0.269 e. The van der Waals surface area contributed by atoms with Crippen LogP contribution < -0.4 is 5.32 Å². The lowest BCUT2D eigenvalue weighted by Crippen LogP contribution is -2.43. The number of benzene rings is 1. The van der Waals surface area contributed by atoms with Gasteiger partial charge in [0.25, 0.3) is 10.0 Å². The third-order valence-corrected chi connectivity index (χ3v) is 8.62. The number of hydrogen-bond acceptors (Lipinski definition) is 8. The Bertz CT molecular complexity index is 1640. The molecule has 0 amide bonds. The number of nitrogens with one attached hydrogen (secondary N) is 1. The van der Waals surface area contributed by atoms with E-state index < -0.39 is 33.9 Å². The lowest BCUT2D eigenvalue weighted by Gasteiger charge is -2.34. The third kappa shape index (κ3) is 4.72. The normalized spacial score (nSPS) is 19.9. The number of aliphatic hydroxyl groups excluding tert-OH is 2. The summed E-state index contributed by atoms with van der Waals surface area (Å²) in [6, 6.07) is 7.36. The van der Waals surface area contributed by atoms with Gasteiger partial charge in [-0.2, -0.15) is 0 Å². The Balaban J connectivity index is 1.58. The van der Waals surface area contributed by atoms with Gasteiger partial charge in [-0.25, -0.2) is 31.7 Å². The Morgan fingerprint density at radius 1 is 1.21 bits per heavy atom. The highest BCUT2D eigenvalue weighted by atomic mass is 35.5. The summed E-state index contributed by atoms with van der Waals surface area (Å²) in [4.78, 5) is 12.7. The number of nitrogens with zero attached hydrogens (tertiary/aromatic N) is 4. The minimum atomic E-state index is -4.04. The molecule has 4 aromatic rings. The van der Waals surface area contributed by atoms with Gasteiger partial charge < -0.3 is 15.5 Å². The molecule has 1 aromatic carbocycles. The Hall–Kier alpha value is -3.54. The van der Waals surface area contributed by atoms with E-state index in [1.165, 1.54) is 24.5 Å². The van der Waals surface area contributed by atoms with Crippen LogP contribution in [0.3, 0.4) is 0 Å². The van der Waals surface area contributed by atoms with Crippen LogP contribution in [0, 0.1) is 18.7 Å². The van der Waals surface area contributed by atoms with Gasteiger partial charge in [-0.05, 0) is 38.0 Å². The molecule has 0 saturated heterocycles. The number of rotatable bonds is 6. The first-order valence-electron chi connectivity index (χ1n) is 11.9. The molecule has 3 unspecified atom stereocenters. The molecule has 9 nitrogen and oxygen atoms in total. The second-order valence-electron chi connectivity index (χ2n) is 9.34. The van der Waals surface area contributed by atoms with E-state index in [1.54, 1.807) is 18.2 Å². The first-order valence-corrected chi connectivity index (χ1v) is 13.7. The number of halogens is 2. The minimum absolute atomic E-state index is 0.0363. The van der Waals surface area contributed by atoms with E-state index in [9.17, 15) is 23.0 Å². The second-order valence-corrected chi connectivity index (χ2v) is 11.6.